The molecule has 2 aromatic heterocycles. The summed E-state index contributed by atoms with van der Waals surface area (Å²) in [5.74, 6) is 2.43. The maximum Gasteiger partial charge on any atom is 0.251 e. The van der Waals surface area contributed by atoms with Gasteiger partial charge in [-0.15, -0.1) is 0 Å². The molecule has 0 amide bonds. The Kier molecular flexibility index (Phi) is 4.30. The summed E-state index contributed by atoms with van der Waals surface area (Å²) in [6.45, 7) is 0. The fourth-order valence-corrected chi connectivity index (χ4v) is 2.27. The molecule has 0 N–H and O–H groups in total. The van der Waals surface area contributed by atoms with E-state index in [0.29, 0.717) is 29.0 Å². The van der Waals surface area contributed by atoms with Crippen molar-refractivity contribution >= 4 is 12.2 Å². The summed E-state index contributed by atoms with van der Waals surface area (Å²) in [6, 6.07) is 16.7. The van der Waals surface area contributed by atoms with Crippen molar-refractivity contribution in [3.05, 3.63) is 84.4 Å². The molecule has 4 rings (SSSR count). The fourth-order valence-electron chi connectivity index (χ4n) is 2.27. The second kappa shape index (κ2) is 7.06. The van der Waals surface area contributed by atoms with Crippen LogP contribution in [0.1, 0.15) is 11.7 Å². The number of benzene rings is 2. The van der Waals surface area contributed by atoms with E-state index in [1.165, 1.54) is 12.1 Å². The maximum absolute atomic E-state index is 12.9. The Morgan fingerprint density at radius 3 is 2.31 bits per heavy atom. The first-order valence-electron chi connectivity index (χ1n) is 7.85. The first kappa shape index (κ1) is 15.8. The molecule has 2 aromatic carbocycles. The van der Waals surface area contributed by atoms with E-state index in [0.717, 1.165) is 5.56 Å². The van der Waals surface area contributed by atoms with Gasteiger partial charge in [0.1, 0.15) is 23.1 Å². The third-order valence-corrected chi connectivity index (χ3v) is 3.54. The molecule has 0 aliphatic rings. The van der Waals surface area contributed by atoms with Crippen molar-refractivity contribution in [2.45, 2.75) is 0 Å². The monoisotopic (exact) mass is 348 g/mol. The van der Waals surface area contributed by atoms with Crippen molar-refractivity contribution in [2.24, 2.45) is 0 Å². The van der Waals surface area contributed by atoms with Crippen LogP contribution < -0.4 is 4.74 Å². The number of hydrogen-bond donors (Lipinski definition) is 0. The molecule has 0 fully saturated rings. The van der Waals surface area contributed by atoms with E-state index in [4.69, 9.17) is 13.7 Å². The zero-order valence-corrected chi connectivity index (χ0v) is 13.5. The highest BCUT2D eigenvalue weighted by molar-refractivity contribution is 5.64. The van der Waals surface area contributed by atoms with Crippen molar-refractivity contribution < 1.29 is 18.1 Å². The molecule has 0 atom stereocenters. The van der Waals surface area contributed by atoms with E-state index >= 15 is 0 Å². The van der Waals surface area contributed by atoms with E-state index < -0.39 is 0 Å². The highest BCUT2D eigenvalue weighted by Gasteiger charge is 2.07. The molecule has 5 nitrogen and oxygen atoms in total. The van der Waals surface area contributed by atoms with Crippen molar-refractivity contribution in [3.63, 3.8) is 0 Å². The highest BCUT2D eigenvalue weighted by Crippen LogP contribution is 2.25. The molecule has 6 heteroatoms. The Morgan fingerprint density at radius 1 is 0.885 bits per heavy atom. The molecule has 4 aromatic rings. The van der Waals surface area contributed by atoms with Gasteiger partial charge in [0.15, 0.2) is 0 Å². The van der Waals surface area contributed by atoms with E-state index in [1.54, 1.807) is 48.7 Å². The van der Waals surface area contributed by atoms with Gasteiger partial charge in [-0.05, 0) is 66.7 Å². The van der Waals surface area contributed by atoms with Crippen LogP contribution in [0.25, 0.3) is 23.5 Å². The van der Waals surface area contributed by atoms with Crippen molar-refractivity contribution in [3.8, 4) is 22.9 Å². The van der Waals surface area contributed by atoms with Gasteiger partial charge in [-0.1, -0.05) is 5.16 Å². The number of rotatable bonds is 5. The summed E-state index contributed by atoms with van der Waals surface area (Å²) < 4.78 is 29.0. The topological polar surface area (TPSA) is 61.3 Å². The molecule has 0 spiro atoms. The fraction of sp³-hybridized carbons (Fsp3) is 0. The number of halogens is 1. The maximum atomic E-state index is 12.9. The molecule has 0 radical (unpaired) electrons. The van der Waals surface area contributed by atoms with Crippen molar-refractivity contribution in [1.29, 1.82) is 0 Å². The molecular weight excluding hydrogens is 335 g/mol. The molecule has 0 saturated carbocycles. The summed E-state index contributed by atoms with van der Waals surface area (Å²) in [5.41, 5.74) is 0.790. The van der Waals surface area contributed by atoms with Gasteiger partial charge in [-0.2, -0.15) is 4.98 Å². The van der Waals surface area contributed by atoms with Crippen LogP contribution in [0.5, 0.6) is 11.5 Å². The predicted molar refractivity (Wildman–Crippen MR) is 93.8 cm³/mol. The molecule has 0 saturated heterocycles. The smallest absolute Gasteiger partial charge is 0.251 e. The van der Waals surface area contributed by atoms with Crippen LogP contribution in [0.4, 0.5) is 4.39 Å². The quantitative estimate of drug-likeness (QED) is 0.481. The average Bonchev–Trinajstić information content (AvgIpc) is 3.34. The van der Waals surface area contributed by atoms with E-state index in [-0.39, 0.29) is 5.82 Å². The summed E-state index contributed by atoms with van der Waals surface area (Å²) >= 11 is 0. The zero-order valence-electron chi connectivity index (χ0n) is 13.5. The van der Waals surface area contributed by atoms with Crippen LogP contribution in [0.15, 0.2) is 75.9 Å². The Balaban J connectivity index is 1.46. The highest BCUT2D eigenvalue weighted by atomic mass is 19.1. The molecule has 26 heavy (non-hydrogen) atoms. The molecule has 2 heterocycles. The predicted octanol–water partition coefficient (Wildman–Crippen LogP) is 5.43. The minimum atomic E-state index is -0.304. The summed E-state index contributed by atoms with van der Waals surface area (Å²) in [4.78, 5) is 4.31. The third kappa shape index (κ3) is 3.70. The number of ether oxygens (including phenoxy) is 1. The van der Waals surface area contributed by atoms with Crippen LogP contribution in [0.2, 0.25) is 0 Å². The summed E-state index contributed by atoms with van der Waals surface area (Å²) in [5, 5.41) is 3.96. The van der Waals surface area contributed by atoms with Gasteiger partial charge < -0.3 is 13.7 Å². The summed E-state index contributed by atoms with van der Waals surface area (Å²) in [7, 11) is 0. The van der Waals surface area contributed by atoms with E-state index in [1.807, 2.05) is 18.2 Å². The Bertz CT molecular complexity index is 1000. The number of furan rings is 1. The number of nitrogens with zero attached hydrogens (tertiary/aromatic N) is 2. The second-order valence-corrected chi connectivity index (χ2v) is 5.39. The molecule has 128 valence electrons. The minimum absolute atomic E-state index is 0.304. The van der Waals surface area contributed by atoms with Crippen LogP contribution in [-0.2, 0) is 0 Å². The molecule has 0 aliphatic heterocycles. The van der Waals surface area contributed by atoms with Crippen LogP contribution in [0.3, 0.4) is 0 Å². The van der Waals surface area contributed by atoms with Crippen LogP contribution in [0, 0.1) is 5.82 Å². The average molecular weight is 348 g/mol. The zero-order chi connectivity index (χ0) is 17.8. The molecule has 0 bridgehead atoms. The van der Waals surface area contributed by atoms with Crippen molar-refractivity contribution in [2.75, 3.05) is 0 Å². The Morgan fingerprint density at radius 2 is 1.62 bits per heavy atom. The Labute approximate surface area is 148 Å². The van der Waals surface area contributed by atoms with Gasteiger partial charge in [-0.25, -0.2) is 4.39 Å². The van der Waals surface area contributed by atoms with Crippen LogP contribution >= 0.6 is 0 Å². The lowest BCUT2D eigenvalue weighted by Crippen LogP contribution is -1.85. The number of aromatic nitrogens is 2. The number of hydrogen-bond acceptors (Lipinski definition) is 5. The van der Waals surface area contributed by atoms with Gasteiger partial charge in [0, 0.05) is 11.6 Å². The Hall–Kier alpha value is -3.67. The van der Waals surface area contributed by atoms with Gasteiger partial charge >= 0.3 is 0 Å². The second-order valence-electron chi connectivity index (χ2n) is 5.39. The van der Waals surface area contributed by atoms with Crippen LogP contribution in [-0.4, -0.2) is 10.1 Å². The van der Waals surface area contributed by atoms with Crippen molar-refractivity contribution in [1.82, 2.24) is 10.1 Å². The third-order valence-electron chi connectivity index (χ3n) is 3.54. The van der Waals surface area contributed by atoms with E-state index in [2.05, 4.69) is 10.1 Å². The lowest BCUT2D eigenvalue weighted by atomic mass is 10.2. The minimum Gasteiger partial charge on any atom is -0.465 e. The van der Waals surface area contributed by atoms with E-state index in [9.17, 15) is 4.39 Å². The molecule has 0 aliphatic carbocycles. The standard InChI is InChI=1S/C20H13FN2O3/c21-15-5-9-18(10-6-15)25-17-7-3-14(4-8-17)20-22-19(26-23-20)12-11-16-2-1-13-24-16/h1-13H. The van der Waals surface area contributed by atoms with Gasteiger partial charge in [0.05, 0.1) is 6.26 Å². The first-order valence-corrected chi connectivity index (χ1v) is 7.85. The lowest BCUT2D eigenvalue weighted by molar-refractivity contribution is 0.411. The van der Waals surface area contributed by atoms with Gasteiger partial charge in [0.2, 0.25) is 5.82 Å². The van der Waals surface area contributed by atoms with Gasteiger partial charge in [0.25, 0.3) is 5.89 Å². The first-order chi connectivity index (χ1) is 12.8. The molecular formula is C20H13FN2O3. The largest absolute Gasteiger partial charge is 0.465 e. The molecule has 0 unspecified atom stereocenters. The SMILES string of the molecule is Fc1ccc(Oc2ccc(-c3noc(C=Cc4ccco4)n3)cc2)cc1. The normalized spacial score (nSPS) is 11.1. The lowest BCUT2D eigenvalue weighted by Gasteiger charge is -2.05. The summed E-state index contributed by atoms with van der Waals surface area (Å²) in [6.07, 6.45) is 5.02. The van der Waals surface area contributed by atoms with Gasteiger partial charge in [-0.3, -0.25) is 0 Å².